The fraction of sp³-hybridized carbons (Fsp3) is 0.160. The van der Waals surface area contributed by atoms with Crippen molar-refractivity contribution in [1.82, 2.24) is 14.8 Å². The van der Waals surface area contributed by atoms with Gasteiger partial charge in [-0.15, -0.1) is 28.5 Å². The van der Waals surface area contributed by atoms with E-state index in [1.54, 1.807) is 11.8 Å². The summed E-state index contributed by atoms with van der Waals surface area (Å²) in [6.07, 6.45) is 1.82. The van der Waals surface area contributed by atoms with Crippen molar-refractivity contribution in [1.29, 1.82) is 0 Å². The molecule has 5 nitrogen and oxygen atoms in total. The fourth-order valence-corrected chi connectivity index (χ4v) is 4.83. The van der Waals surface area contributed by atoms with Gasteiger partial charge in [-0.2, -0.15) is 0 Å². The topological polar surface area (TPSA) is 59.8 Å². The van der Waals surface area contributed by atoms with Crippen LogP contribution in [-0.4, -0.2) is 26.4 Å². The Labute approximate surface area is 196 Å². The first-order valence-corrected chi connectivity index (χ1v) is 12.2. The van der Waals surface area contributed by atoms with Gasteiger partial charge in [0.15, 0.2) is 5.16 Å². The standard InChI is InChI=1S/C25H24N4OS2/c1-3-14-29-23(16-31-22-12-8-18(2)9-13-22)27-28-25(29)32-17-24(30)26-21-11-10-19-6-4-5-7-20(19)15-21/h3-13,15H,1,14,16-17H2,2H3,(H,26,30). The van der Waals surface area contributed by atoms with Gasteiger partial charge in [0.1, 0.15) is 5.82 Å². The molecule has 3 aromatic carbocycles. The van der Waals surface area contributed by atoms with Gasteiger partial charge < -0.3 is 9.88 Å². The molecule has 0 saturated heterocycles. The van der Waals surface area contributed by atoms with Crippen molar-refractivity contribution >= 4 is 45.9 Å². The van der Waals surface area contributed by atoms with Crippen molar-refractivity contribution in [2.75, 3.05) is 11.1 Å². The predicted molar refractivity (Wildman–Crippen MR) is 134 cm³/mol. The second-order valence-corrected chi connectivity index (χ2v) is 9.29. The smallest absolute Gasteiger partial charge is 0.234 e. The molecule has 1 amide bonds. The first-order valence-electron chi connectivity index (χ1n) is 10.3. The van der Waals surface area contributed by atoms with Gasteiger partial charge in [-0.05, 0) is 42.0 Å². The van der Waals surface area contributed by atoms with Gasteiger partial charge in [0.05, 0.1) is 11.5 Å². The highest BCUT2D eigenvalue weighted by Gasteiger charge is 2.14. The Balaban J connectivity index is 1.37. The van der Waals surface area contributed by atoms with Crippen LogP contribution in [0, 0.1) is 6.92 Å². The molecule has 0 aliphatic carbocycles. The summed E-state index contributed by atoms with van der Waals surface area (Å²) in [7, 11) is 0. The molecule has 32 heavy (non-hydrogen) atoms. The number of allylic oxidation sites excluding steroid dienone is 1. The fourth-order valence-electron chi connectivity index (χ4n) is 3.22. The van der Waals surface area contributed by atoms with Crippen LogP contribution in [0.5, 0.6) is 0 Å². The average Bonchev–Trinajstić information content (AvgIpc) is 3.19. The van der Waals surface area contributed by atoms with E-state index in [1.165, 1.54) is 22.2 Å². The molecule has 0 unspecified atom stereocenters. The lowest BCUT2D eigenvalue weighted by atomic mass is 10.1. The van der Waals surface area contributed by atoms with E-state index in [1.807, 2.05) is 47.0 Å². The van der Waals surface area contributed by atoms with Crippen LogP contribution < -0.4 is 5.32 Å². The summed E-state index contributed by atoms with van der Waals surface area (Å²) in [6, 6.07) is 22.4. The Morgan fingerprint density at radius 3 is 2.59 bits per heavy atom. The Morgan fingerprint density at radius 2 is 1.81 bits per heavy atom. The third-order valence-electron chi connectivity index (χ3n) is 4.86. The molecule has 0 spiro atoms. The number of benzene rings is 3. The molecule has 1 aromatic heterocycles. The number of hydrogen-bond donors (Lipinski definition) is 1. The number of rotatable bonds is 9. The molecule has 0 aliphatic rings. The van der Waals surface area contributed by atoms with Crippen LogP contribution in [0.3, 0.4) is 0 Å². The lowest BCUT2D eigenvalue weighted by Crippen LogP contribution is -2.14. The molecule has 0 radical (unpaired) electrons. The number of carbonyl (C=O) groups is 1. The molecule has 0 bridgehead atoms. The number of aromatic nitrogens is 3. The lowest BCUT2D eigenvalue weighted by Gasteiger charge is -2.09. The zero-order chi connectivity index (χ0) is 22.3. The summed E-state index contributed by atoms with van der Waals surface area (Å²) in [5.41, 5.74) is 2.03. The largest absolute Gasteiger partial charge is 0.325 e. The van der Waals surface area contributed by atoms with E-state index < -0.39 is 0 Å². The van der Waals surface area contributed by atoms with E-state index in [0.717, 1.165) is 27.4 Å². The molecule has 0 saturated carbocycles. The summed E-state index contributed by atoms with van der Waals surface area (Å²) in [4.78, 5) is 13.7. The highest BCUT2D eigenvalue weighted by molar-refractivity contribution is 7.99. The number of nitrogens with one attached hydrogen (secondary N) is 1. The molecule has 0 atom stereocenters. The van der Waals surface area contributed by atoms with Crippen molar-refractivity contribution in [2.24, 2.45) is 0 Å². The molecule has 0 aliphatic heterocycles. The highest BCUT2D eigenvalue weighted by Crippen LogP contribution is 2.25. The van der Waals surface area contributed by atoms with E-state index in [-0.39, 0.29) is 11.7 Å². The quantitative estimate of drug-likeness (QED) is 0.247. The van der Waals surface area contributed by atoms with E-state index in [4.69, 9.17) is 0 Å². The maximum absolute atomic E-state index is 12.5. The average molecular weight is 461 g/mol. The first-order chi connectivity index (χ1) is 15.6. The number of anilines is 1. The zero-order valence-corrected chi connectivity index (χ0v) is 19.5. The number of thioether (sulfide) groups is 2. The van der Waals surface area contributed by atoms with E-state index >= 15 is 0 Å². The molecule has 4 rings (SSSR count). The van der Waals surface area contributed by atoms with Gasteiger partial charge in [0, 0.05) is 17.1 Å². The Bertz CT molecular complexity index is 1230. The van der Waals surface area contributed by atoms with Crippen LogP contribution in [0.2, 0.25) is 0 Å². The minimum Gasteiger partial charge on any atom is -0.325 e. The Hall–Kier alpha value is -3.03. The Kier molecular flexibility index (Phi) is 7.29. The number of nitrogens with zero attached hydrogens (tertiary/aromatic N) is 3. The minimum atomic E-state index is -0.0750. The van der Waals surface area contributed by atoms with E-state index in [2.05, 4.69) is 59.3 Å². The number of hydrogen-bond acceptors (Lipinski definition) is 5. The number of amides is 1. The van der Waals surface area contributed by atoms with Gasteiger partial charge >= 0.3 is 0 Å². The normalized spacial score (nSPS) is 10.9. The highest BCUT2D eigenvalue weighted by atomic mass is 32.2. The van der Waals surface area contributed by atoms with Crippen LogP contribution in [0.4, 0.5) is 5.69 Å². The van der Waals surface area contributed by atoms with Crippen LogP contribution in [0.15, 0.2) is 89.4 Å². The molecule has 4 aromatic rings. The van der Waals surface area contributed by atoms with Gasteiger partial charge in [-0.3, -0.25) is 4.79 Å². The summed E-state index contributed by atoms with van der Waals surface area (Å²) in [6.45, 7) is 6.53. The van der Waals surface area contributed by atoms with Crippen molar-refractivity contribution in [3.05, 3.63) is 90.8 Å². The monoisotopic (exact) mass is 460 g/mol. The summed E-state index contributed by atoms with van der Waals surface area (Å²) >= 11 is 3.10. The Morgan fingerprint density at radius 1 is 1.03 bits per heavy atom. The van der Waals surface area contributed by atoms with Gasteiger partial charge in [-0.1, -0.05) is 65.9 Å². The number of carbonyl (C=O) groups excluding carboxylic acids is 1. The first kappa shape index (κ1) is 22.2. The molecule has 0 fully saturated rings. The van der Waals surface area contributed by atoms with Crippen molar-refractivity contribution in [3.8, 4) is 0 Å². The number of aryl methyl sites for hydroxylation is 1. The summed E-state index contributed by atoms with van der Waals surface area (Å²) < 4.78 is 2.02. The molecule has 1 N–H and O–H groups in total. The lowest BCUT2D eigenvalue weighted by molar-refractivity contribution is -0.113. The van der Waals surface area contributed by atoms with E-state index in [9.17, 15) is 4.79 Å². The van der Waals surface area contributed by atoms with Crippen LogP contribution in [0.1, 0.15) is 11.4 Å². The second-order valence-electron chi connectivity index (χ2n) is 7.30. The van der Waals surface area contributed by atoms with Crippen LogP contribution in [-0.2, 0) is 17.1 Å². The van der Waals surface area contributed by atoms with Gasteiger partial charge in [-0.25, -0.2) is 0 Å². The molecule has 1 heterocycles. The molecular weight excluding hydrogens is 436 g/mol. The summed E-state index contributed by atoms with van der Waals surface area (Å²) in [5, 5.41) is 14.6. The van der Waals surface area contributed by atoms with Crippen LogP contribution >= 0.6 is 23.5 Å². The van der Waals surface area contributed by atoms with Crippen molar-refractivity contribution < 1.29 is 4.79 Å². The van der Waals surface area contributed by atoms with Crippen molar-refractivity contribution in [2.45, 2.75) is 29.3 Å². The minimum absolute atomic E-state index is 0.0750. The third kappa shape index (κ3) is 5.60. The predicted octanol–water partition coefficient (Wildman–Crippen LogP) is 5.95. The molecular formula is C25H24N4OS2. The summed E-state index contributed by atoms with van der Waals surface area (Å²) in [5.74, 6) is 1.75. The van der Waals surface area contributed by atoms with E-state index in [0.29, 0.717) is 12.3 Å². The van der Waals surface area contributed by atoms with Crippen molar-refractivity contribution in [3.63, 3.8) is 0 Å². The zero-order valence-electron chi connectivity index (χ0n) is 17.8. The van der Waals surface area contributed by atoms with Gasteiger partial charge in [0.25, 0.3) is 0 Å². The van der Waals surface area contributed by atoms with Crippen LogP contribution in [0.25, 0.3) is 10.8 Å². The second kappa shape index (κ2) is 10.5. The molecule has 7 heteroatoms. The van der Waals surface area contributed by atoms with Gasteiger partial charge in [0.2, 0.25) is 5.91 Å². The maximum atomic E-state index is 12.5. The number of fused-ring (bicyclic) bond motifs is 1. The third-order valence-corrected chi connectivity index (χ3v) is 6.83. The SMILES string of the molecule is C=CCn1c(CSc2ccc(C)cc2)nnc1SCC(=O)Nc1ccc2ccccc2c1. The maximum Gasteiger partial charge on any atom is 0.234 e. The molecule has 162 valence electrons.